The quantitative estimate of drug-likeness (QED) is 0.904. The lowest BCUT2D eigenvalue weighted by Gasteiger charge is -2.21. The Balaban J connectivity index is 0.00000192. The van der Waals surface area contributed by atoms with E-state index in [2.05, 4.69) is 5.10 Å². The summed E-state index contributed by atoms with van der Waals surface area (Å²) >= 11 is 0. The van der Waals surface area contributed by atoms with E-state index in [1.807, 2.05) is 31.2 Å². The lowest BCUT2D eigenvalue weighted by molar-refractivity contribution is 0.393. The second-order valence-corrected chi connectivity index (χ2v) is 7.49. The highest BCUT2D eigenvalue weighted by Crippen LogP contribution is 2.25. The molecular weight excluding hydrogens is 336 g/mol. The zero-order valence-electron chi connectivity index (χ0n) is 12.9. The Kier molecular flexibility index (Phi) is 5.46. The molecule has 2 N–H and O–H groups in total. The molecular formula is C15H21ClN4O2S. The standard InChI is InChI=1S/C15H20N4O2S.ClH/c1-12-4-6-13(7-5-12)18-11-15(10-17-18)22(20,21)19-8-2-3-14(19)9-16;/h4-7,10-11,14H,2-3,8-9,16H2,1H3;1H. The second-order valence-electron chi connectivity index (χ2n) is 5.60. The molecule has 1 unspecified atom stereocenters. The monoisotopic (exact) mass is 356 g/mol. The minimum Gasteiger partial charge on any atom is -0.329 e. The third-order valence-corrected chi connectivity index (χ3v) is 5.96. The molecule has 0 radical (unpaired) electrons. The number of hydrogen-bond donors (Lipinski definition) is 1. The van der Waals surface area contributed by atoms with E-state index in [0.29, 0.717) is 13.1 Å². The van der Waals surface area contributed by atoms with Crippen LogP contribution in [0, 0.1) is 6.92 Å². The maximum absolute atomic E-state index is 12.7. The number of hydrogen-bond acceptors (Lipinski definition) is 4. The predicted molar refractivity (Wildman–Crippen MR) is 91.5 cm³/mol. The van der Waals surface area contributed by atoms with Crippen molar-refractivity contribution in [3.05, 3.63) is 42.2 Å². The van der Waals surface area contributed by atoms with E-state index < -0.39 is 10.0 Å². The summed E-state index contributed by atoms with van der Waals surface area (Å²) in [5.74, 6) is 0. The molecule has 0 amide bonds. The fourth-order valence-electron chi connectivity index (χ4n) is 2.77. The van der Waals surface area contributed by atoms with E-state index >= 15 is 0 Å². The maximum atomic E-state index is 12.7. The van der Waals surface area contributed by atoms with Crippen LogP contribution < -0.4 is 5.73 Å². The van der Waals surface area contributed by atoms with Crippen LogP contribution in [0.15, 0.2) is 41.6 Å². The molecule has 0 saturated carbocycles. The van der Waals surface area contributed by atoms with Gasteiger partial charge in [-0.2, -0.15) is 9.40 Å². The fraction of sp³-hybridized carbons (Fsp3) is 0.400. The first-order valence-corrected chi connectivity index (χ1v) is 8.80. The first-order valence-electron chi connectivity index (χ1n) is 7.36. The average molecular weight is 357 g/mol. The van der Waals surface area contributed by atoms with Crippen LogP contribution >= 0.6 is 12.4 Å². The molecule has 6 nitrogen and oxygen atoms in total. The van der Waals surface area contributed by atoms with Gasteiger partial charge in [0.1, 0.15) is 4.90 Å². The molecule has 1 atom stereocenters. The summed E-state index contributed by atoms with van der Waals surface area (Å²) in [7, 11) is -3.53. The molecule has 0 bridgehead atoms. The molecule has 1 fully saturated rings. The van der Waals surface area contributed by atoms with E-state index in [1.165, 1.54) is 10.5 Å². The molecule has 1 aromatic carbocycles. The molecule has 0 spiro atoms. The van der Waals surface area contributed by atoms with Gasteiger partial charge in [-0.15, -0.1) is 12.4 Å². The summed E-state index contributed by atoms with van der Waals surface area (Å²) in [6.07, 6.45) is 4.64. The lowest BCUT2D eigenvalue weighted by atomic mass is 10.2. The molecule has 23 heavy (non-hydrogen) atoms. The van der Waals surface area contributed by atoms with Crippen molar-refractivity contribution in [1.29, 1.82) is 0 Å². The van der Waals surface area contributed by atoms with Gasteiger partial charge in [0.25, 0.3) is 0 Å². The second kappa shape index (κ2) is 7.00. The van der Waals surface area contributed by atoms with Crippen LogP contribution in [0.3, 0.4) is 0 Å². The molecule has 126 valence electrons. The zero-order chi connectivity index (χ0) is 15.7. The number of aryl methyl sites for hydroxylation is 1. The van der Waals surface area contributed by atoms with Gasteiger partial charge in [0.15, 0.2) is 0 Å². The van der Waals surface area contributed by atoms with Gasteiger partial charge in [-0.3, -0.25) is 0 Å². The van der Waals surface area contributed by atoms with Crippen LogP contribution in [0.5, 0.6) is 0 Å². The minimum atomic E-state index is -3.53. The summed E-state index contributed by atoms with van der Waals surface area (Å²) in [5, 5.41) is 4.18. The number of halogens is 1. The molecule has 3 rings (SSSR count). The van der Waals surface area contributed by atoms with Crippen LogP contribution in [-0.2, 0) is 10.0 Å². The van der Waals surface area contributed by atoms with E-state index in [0.717, 1.165) is 24.1 Å². The highest BCUT2D eigenvalue weighted by molar-refractivity contribution is 7.89. The van der Waals surface area contributed by atoms with E-state index in [-0.39, 0.29) is 23.3 Å². The van der Waals surface area contributed by atoms with Crippen LogP contribution in [0.2, 0.25) is 0 Å². The van der Waals surface area contributed by atoms with E-state index in [1.54, 1.807) is 10.9 Å². The zero-order valence-corrected chi connectivity index (χ0v) is 14.6. The highest BCUT2D eigenvalue weighted by Gasteiger charge is 2.35. The van der Waals surface area contributed by atoms with Gasteiger partial charge in [0.05, 0.1) is 18.1 Å². The van der Waals surface area contributed by atoms with Crippen LogP contribution in [0.1, 0.15) is 18.4 Å². The molecule has 1 saturated heterocycles. The topological polar surface area (TPSA) is 81.2 Å². The van der Waals surface area contributed by atoms with Gasteiger partial charge in [-0.25, -0.2) is 13.1 Å². The van der Waals surface area contributed by atoms with Gasteiger partial charge in [-0.1, -0.05) is 17.7 Å². The highest BCUT2D eigenvalue weighted by atomic mass is 35.5. The summed E-state index contributed by atoms with van der Waals surface area (Å²) in [6.45, 7) is 2.88. The Morgan fingerprint density at radius 2 is 2.00 bits per heavy atom. The van der Waals surface area contributed by atoms with Crippen molar-refractivity contribution in [1.82, 2.24) is 14.1 Å². The maximum Gasteiger partial charge on any atom is 0.246 e. The summed E-state index contributed by atoms with van der Waals surface area (Å²) < 4.78 is 28.5. The van der Waals surface area contributed by atoms with Crippen LogP contribution in [0.25, 0.3) is 5.69 Å². The van der Waals surface area contributed by atoms with E-state index in [9.17, 15) is 8.42 Å². The number of benzene rings is 1. The molecule has 1 aliphatic heterocycles. The van der Waals surface area contributed by atoms with Gasteiger partial charge in [-0.05, 0) is 31.9 Å². The Hall–Kier alpha value is -1.41. The molecule has 1 aliphatic rings. The summed E-state index contributed by atoms with van der Waals surface area (Å²) in [4.78, 5) is 0.216. The number of nitrogens with zero attached hydrogens (tertiary/aromatic N) is 3. The first-order chi connectivity index (χ1) is 10.5. The van der Waals surface area contributed by atoms with Crippen molar-refractivity contribution < 1.29 is 8.42 Å². The summed E-state index contributed by atoms with van der Waals surface area (Å²) in [6, 6.07) is 7.66. The van der Waals surface area contributed by atoms with Crippen molar-refractivity contribution in [3.63, 3.8) is 0 Å². The lowest BCUT2D eigenvalue weighted by Crippen LogP contribution is -2.39. The minimum absolute atomic E-state index is 0. The number of aromatic nitrogens is 2. The largest absolute Gasteiger partial charge is 0.329 e. The third-order valence-electron chi connectivity index (χ3n) is 4.06. The SMILES string of the molecule is Cc1ccc(-n2cc(S(=O)(=O)N3CCCC3CN)cn2)cc1.Cl. The molecule has 2 aromatic rings. The summed E-state index contributed by atoms with van der Waals surface area (Å²) in [5.41, 5.74) is 7.66. The van der Waals surface area contributed by atoms with Crippen molar-refractivity contribution in [2.45, 2.75) is 30.7 Å². The Morgan fingerprint density at radius 3 is 2.65 bits per heavy atom. The van der Waals surface area contributed by atoms with Crippen molar-refractivity contribution in [2.75, 3.05) is 13.1 Å². The van der Waals surface area contributed by atoms with Gasteiger partial charge in [0, 0.05) is 19.1 Å². The Morgan fingerprint density at radius 1 is 1.30 bits per heavy atom. The van der Waals surface area contributed by atoms with Crippen LogP contribution in [-0.4, -0.2) is 41.6 Å². The molecule has 2 heterocycles. The van der Waals surface area contributed by atoms with Crippen molar-refractivity contribution in [2.24, 2.45) is 5.73 Å². The first kappa shape index (κ1) is 17.9. The Labute approximate surface area is 142 Å². The smallest absolute Gasteiger partial charge is 0.246 e. The average Bonchev–Trinajstić information content (AvgIpc) is 3.17. The Bertz CT molecular complexity index is 758. The van der Waals surface area contributed by atoms with Crippen LogP contribution in [0.4, 0.5) is 0 Å². The third kappa shape index (κ3) is 3.42. The molecule has 1 aromatic heterocycles. The molecule has 0 aliphatic carbocycles. The van der Waals surface area contributed by atoms with Crippen molar-refractivity contribution >= 4 is 22.4 Å². The molecule has 8 heteroatoms. The van der Waals surface area contributed by atoms with Gasteiger partial charge < -0.3 is 5.73 Å². The number of rotatable bonds is 4. The predicted octanol–water partition coefficient (Wildman–Crippen LogP) is 1.71. The van der Waals surface area contributed by atoms with Gasteiger partial charge >= 0.3 is 0 Å². The normalized spacial score (nSPS) is 18.8. The number of sulfonamides is 1. The van der Waals surface area contributed by atoms with Gasteiger partial charge in [0.2, 0.25) is 10.0 Å². The van der Waals surface area contributed by atoms with Crippen molar-refractivity contribution in [3.8, 4) is 5.69 Å². The fourth-order valence-corrected chi connectivity index (χ4v) is 4.41. The number of nitrogens with two attached hydrogens (primary N) is 1. The van der Waals surface area contributed by atoms with E-state index in [4.69, 9.17) is 5.73 Å².